The van der Waals surface area contributed by atoms with Crippen molar-refractivity contribution in [2.45, 2.75) is 43.5 Å². The summed E-state index contributed by atoms with van der Waals surface area (Å²) in [7, 11) is 0. The highest BCUT2D eigenvalue weighted by molar-refractivity contribution is 8.00. The van der Waals surface area contributed by atoms with Crippen LogP contribution in [0.1, 0.15) is 32.6 Å². The molecule has 1 amide bonds. The quantitative estimate of drug-likeness (QED) is 0.867. The van der Waals surface area contributed by atoms with E-state index in [-0.39, 0.29) is 5.91 Å². The summed E-state index contributed by atoms with van der Waals surface area (Å²) in [6.45, 7) is 2.24. The first-order valence-electron chi connectivity index (χ1n) is 8.00. The third-order valence-electron chi connectivity index (χ3n) is 4.41. The van der Waals surface area contributed by atoms with Crippen molar-refractivity contribution in [3.05, 3.63) is 36.5 Å². The van der Waals surface area contributed by atoms with Gasteiger partial charge in [-0.05, 0) is 30.9 Å². The standard InChI is InChI=1S/C18H22N2OS/c1-13-6-2-3-9-15(13)20-17(21)12-22-16-10-4-7-14-8-5-11-19-18(14)16/h4-5,7-8,10-11,13,15H,2-3,6,9,12H2,1H3,(H,20,21)/t13-,15-/m1/s1. The van der Waals surface area contributed by atoms with Crippen molar-refractivity contribution in [2.24, 2.45) is 5.92 Å². The molecule has 1 heterocycles. The molecule has 1 N–H and O–H groups in total. The number of nitrogens with zero attached hydrogens (tertiary/aromatic N) is 1. The first kappa shape index (κ1) is 15.3. The first-order valence-corrected chi connectivity index (χ1v) is 8.98. The number of rotatable bonds is 4. The normalized spacial score (nSPS) is 21.7. The molecule has 0 unspecified atom stereocenters. The predicted molar refractivity (Wildman–Crippen MR) is 92.0 cm³/mol. The highest BCUT2D eigenvalue weighted by Gasteiger charge is 2.22. The minimum absolute atomic E-state index is 0.136. The Bertz CT molecular complexity index is 653. The zero-order valence-electron chi connectivity index (χ0n) is 12.9. The van der Waals surface area contributed by atoms with Crippen molar-refractivity contribution in [2.75, 3.05) is 5.75 Å². The fraction of sp³-hybridized carbons (Fsp3) is 0.444. The summed E-state index contributed by atoms with van der Waals surface area (Å²) in [6.07, 6.45) is 6.68. The van der Waals surface area contributed by atoms with Crippen molar-refractivity contribution in [3.63, 3.8) is 0 Å². The van der Waals surface area contributed by atoms with Gasteiger partial charge < -0.3 is 5.32 Å². The average molecular weight is 314 g/mol. The molecule has 1 aromatic carbocycles. The molecule has 2 aromatic rings. The minimum Gasteiger partial charge on any atom is -0.352 e. The van der Waals surface area contributed by atoms with Gasteiger partial charge in [-0.25, -0.2) is 0 Å². The van der Waals surface area contributed by atoms with Crippen molar-refractivity contribution in [1.29, 1.82) is 0 Å². The second-order valence-corrected chi connectivity index (χ2v) is 7.07. The van der Waals surface area contributed by atoms with Crippen molar-refractivity contribution < 1.29 is 4.79 Å². The van der Waals surface area contributed by atoms with E-state index in [1.807, 2.05) is 18.2 Å². The Hall–Kier alpha value is -1.55. The van der Waals surface area contributed by atoms with Crippen LogP contribution in [-0.4, -0.2) is 22.7 Å². The molecular weight excluding hydrogens is 292 g/mol. The number of pyridine rings is 1. The maximum atomic E-state index is 12.2. The van der Waals surface area contributed by atoms with Crippen LogP contribution in [0.5, 0.6) is 0 Å². The number of aromatic nitrogens is 1. The van der Waals surface area contributed by atoms with E-state index in [0.717, 1.165) is 22.2 Å². The van der Waals surface area contributed by atoms with E-state index < -0.39 is 0 Å². The van der Waals surface area contributed by atoms with Crippen molar-refractivity contribution in [1.82, 2.24) is 10.3 Å². The van der Waals surface area contributed by atoms with Gasteiger partial charge in [0.25, 0.3) is 0 Å². The van der Waals surface area contributed by atoms with Gasteiger partial charge in [0, 0.05) is 22.5 Å². The molecule has 1 saturated carbocycles. The molecule has 2 atom stereocenters. The highest BCUT2D eigenvalue weighted by atomic mass is 32.2. The zero-order chi connectivity index (χ0) is 15.4. The summed E-state index contributed by atoms with van der Waals surface area (Å²) < 4.78 is 0. The van der Waals surface area contributed by atoms with E-state index in [2.05, 4.69) is 29.4 Å². The van der Waals surface area contributed by atoms with E-state index in [1.165, 1.54) is 19.3 Å². The summed E-state index contributed by atoms with van der Waals surface area (Å²) in [5.74, 6) is 1.19. The van der Waals surface area contributed by atoms with Gasteiger partial charge in [-0.2, -0.15) is 0 Å². The zero-order valence-corrected chi connectivity index (χ0v) is 13.7. The number of thioether (sulfide) groups is 1. The minimum atomic E-state index is 0.136. The molecule has 1 aliphatic carbocycles. The number of hydrogen-bond acceptors (Lipinski definition) is 3. The van der Waals surface area contributed by atoms with Crippen LogP contribution >= 0.6 is 11.8 Å². The first-order chi connectivity index (χ1) is 10.7. The third kappa shape index (κ3) is 3.61. The smallest absolute Gasteiger partial charge is 0.230 e. The van der Waals surface area contributed by atoms with Gasteiger partial charge in [0.2, 0.25) is 5.91 Å². The molecule has 22 heavy (non-hydrogen) atoms. The summed E-state index contributed by atoms with van der Waals surface area (Å²) >= 11 is 1.57. The van der Waals surface area contributed by atoms with E-state index in [4.69, 9.17) is 0 Å². The van der Waals surface area contributed by atoms with Crippen molar-refractivity contribution >= 4 is 28.6 Å². The molecule has 1 aliphatic rings. The second kappa shape index (κ2) is 7.14. The molecule has 3 rings (SSSR count). The van der Waals surface area contributed by atoms with Gasteiger partial charge in [0.1, 0.15) is 0 Å². The lowest BCUT2D eigenvalue weighted by Crippen LogP contribution is -2.41. The summed E-state index contributed by atoms with van der Waals surface area (Å²) in [5.41, 5.74) is 0.980. The van der Waals surface area contributed by atoms with Gasteiger partial charge in [0.15, 0.2) is 0 Å². The predicted octanol–water partition coefficient (Wildman–Crippen LogP) is 4.02. The van der Waals surface area contributed by atoms with Gasteiger partial charge in [-0.3, -0.25) is 9.78 Å². The maximum absolute atomic E-state index is 12.2. The van der Waals surface area contributed by atoms with Gasteiger partial charge in [-0.15, -0.1) is 11.8 Å². The van der Waals surface area contributed by atoms with E-state index in [9.17, 15) is 4.79 Å². The lowest BCUT2D eigenvalue weighted by atomic mass is 9.86. The molecule has 4 heteroatoms. The monoisotopic (exact) mass is 314 g/mol. The number of benzene rings is 1. The Morgan fingerprint density at radius 3 is 2.95 bits per heavy atom. The number of carbonyl (C=O) groups excluding carboxylic acids is 1. The molecule has 1 fully saturated rings. The topological polar surface area (TPSA) is 42.0 Å². The Morgan fingerprint density at radius 1 is 1.27 bits per heavy atom. The maximum Gasteiger partial charge on any atom is 0.230 e. The highest BCUT2D eigenvalue weighted by Crippen LogP contribution is 2.27. The number of para-hydroxylation sites is 1. The van der Waals surface area contributed by atoms with Crippen LogP contribution in [0.3, 0.4) is 0 Å². The van der Waals surface area contributed by atoms with Crippen LogP contribution < -0.4 is 5.32 Å². The lowest BCUT2D eigenvalue weighted by molar-refractivity contribution is -0.119. The van der Waals surface area contributed by atoms with Crippen LogP contribution in [-0.2, 0) is 4.79 Å². The van der Waals surface area contributed by atoms with Gasteiger partial charge >= 0.3 is 0 Å². The fourth-order valence-electron chi connectivity index (χ4n) is 3.12. The largest absolute Gasteiger partial charge is 0.352 e. The number of fused-ring (bicyclic) bond motifs is 1. The fourth-order valence-corrected chi connectivity index (χ4v) is 3.97. The van der Waals surface area contributed by atoms with E-state index >= 15 is 0 Å². The average Bonchev–Trinajstić information content (AvgIpc) is 2.55. The molecule has 3 nitrogen and oxygen atoms in total. The summed E-state index contributed by atoms with van der Waals surface area (Å²) in [5, 5.41) is 4.33. The Labute approximate surface area is 135 Å². The van der Waals surface area contributed by atoms with Crippen LogP contribution in [0.25, 0.3) is 10.9 Å². The molecule has 0 bridgehead atoms. The Kier molecular flexibility index (Phi) is 4.98. The molecular formula is C18H22N2OS. The van der Waals surface area contributed by atoms with E-state index in [0.29, 0.717) is 17.7 Å². The number of carbonyl (C=O) groups is 1. The van der Waals surface area contributed by atoms with Crippen molar-refractivity contribution in [3.8, 4) is 0 Å². The Balaban J connectivity index is 1.60. The second-order valence-electron chi connectivity index (χ2n) is 6.06. The van der Waals surface area contributed by atoms with Crippen LogP contribution in [0, 0.1) is 5.92 Å². The third-order valence-corrected chi connectivity index (χ3v) is 5.46. The van der Waals surface area contributed by atoms with Crippen LogP contribution in [0.15, 0.2) is 41.4 Å². The molecule has 0 aliphatic heterocycles. The molecule has 0 saturated heterocycles. The summed E-state index contributed by atoms with van der Waals surface area (Å²) in [4.78, 5) is 17.7. The Morgan fingerprint density at radius 2 is 2.09 bits per heavy atom. The van der Waals surface area contributed by atoms with Crippen LogP contribution in [0.4, 0.5) is 0 Å². The molecule has 0 radical (unpaired) electrons. The van der Waals surface area contributed by atoms with Gasteiger partial charge in [0.05, 0.1) is 11.3 Å². The van der Waals surface area contributed by atoms with Crippen LogP contribution in [0.2, 0.25) is 0 Å². The SMILES string of the molecule is C[C@@H]1CCCC[C@H]1NC(=O)CSc1cccc2cccnc12. The number of hydrogen-bond donors (Lipinski definition) is 1. The molecule has 1 aromatic heterocycles. The van der Waals surface area contributed by atoms with Gasteiger partial charge in [-0.1, -0.05) is 38.0 Å². The number of nitrogens with one attached hydrogen (secondary N) is 1. The number of amides is 1. The van der Waals surface area contributed by atoms with E-state index in [1.54, 1.807) is 18.0 Å². The molecule has 116 valence electrons. The summed E-state index contributed by atoms with van der Waals surface area (Å²) in [6, 6.07) is 10.5. The lowest BCUT2D eigenvalue weighted by Gasteiger charge is -2.29. The molecule has 0 spiro atoms.